The molecule has 0 bridgehead atoms. The van der Waals surface area contributed by atoms with Gasteiger partial charge in [-0.1, -0.05) is 18.2 Å². The van der Waals surface area contributed by atoms with Crippen molar-refractivity contribution in [3.8, 4) is 0 Å². The average molecular weight is 311 g/mol. The van der Waals surface area contributed by atoms with Crippen LogP contribution in [0.5, 0.6) is 0 Å². The van der Waals surface area contributed by atoms with E-state index < -0.39 is 0 Å². The predicted molar refractivity (Wildman–Crippen MR) is 92.6 cm³/mol. The fourth-order valence-corrected chi connectivity index (χ4v) is 4.53. The van der Waals surface area contributed by atoms with Crippen molar-refractivity contribution in [1.29, 1.82) is 0 Å². The zero-order valence-corrected chi connectivity index (χ0v) is 14.0. The van der Waals surface area contributed by atoms with Gasteiger partial charge in [0.1, 0.15) is 0 Å². The maximum absolute atomic E-state index is 13.2. The molecule has 2 aromatic rings. The maximum Gasteiger partial charge on any atom is 0.256 e. The Labute approximate surface area is 137 Å². The van der Waals surface area contributed by atoms with Crippen LogP contribution in [0.4, 0.5) is 0 Å². The molecule has 1 aromatic heterocycles. The highest BCUT2D eigenvalue weighted by atomic mass is 16.2. The summed E-state index contributed by atoms with van der Waals surface area (Å²) >= 11 is 0. The van der Waals surface area contributed by atoms with Gasteiger partial charge in [0.25, 0.3) is 5.91 Å². The lowest BCUT2D eigenvalue weighted by molar-refractivity contribution is 0.0666. The molecule has 23 heavy (non-hydrogen) atoms. The number of rotatable bonds is 2. The van der Waals surface area contributed by atoms with Crippen LogP contribution in [0.3, 0.4) is 0 Å². The van der Waals surface area contributed by atoms with E-state index in [1.807, 2.05) is 25.4 Å². The second kappa shape index (κ2) is 5.68. The number of aromatic nitrogens is 1. The maximum atomic E-state index is 13.2. The monoisotopic (exact) mass is 311 g/mol. The van der Waals surface area contributed by atoms with Gasteiger partial charge >= 0.3 is 0 Å². The van der Waals surface area contributed by atoms with E-state index >= 15 is 0 Å². The van der Waals surface area contributed by atoms with Crippen molar-refractivity contribution >= 4 is 16.8 Å². The third kappa shape index (κ3) is 2.36. The van der Waals surface area contributed by atoms with E-state index in [0.29, 0.717) is 12.1 Å². The van der Waals surface area contributed by atoms with E-state index in [4.69, 9.17) is 0 Å². The highest BCUT2D eigenvalue weighted by Gasteiger charge is 2.39. The molecule has 0 radical (unpaired) electrons. The van der Waals surface area contributed by atoms with E-state index in [1.165, 1.54) is 12.8 Å². The lowest BCUT2D eigenvalue weighted by Gasteiger charge is -2.33. The van der Waals surface area contributed by atoms with Gasteiger partial charge in [-0.15, -0.1) is 0 Å². The van der Waals surface area contributed by atoms with Crippen LogP contribution >= 0.6 is 0 Å². The number of likely N-dealkylation sites (N-methyl/N-ethyl adjacent to an activating group) is 1. The molecule has 4 rings (SSSR count). The number of fused-ring (bicyclic) bond motifs is 1. The van der Waals surface area contributed by atoms with E-state index in [0.717, 1.165) is 42.4 Å². The molecule has 122 valence electrons. The summed E-state index contributed by atoms with van der Waals surface area (Å²) in [6, 6.07) is 9.12. The van der Waals surface area contributed by atoms with E-state index in [2.05, 4.69) is 33.5 Å². The summed E-state index contributed by atoms with van der Waals surface area (Å²) in [7, 11) is 4.22. The molecule has 0 spiro atoms. The summed E-state index contributed by atoms with van der Waals surface area (Å²) in [6.45, 7) is 2.06. The van der Waals surface area contributed by atoms with Crippen molar-refractivity contribution < 1.29 is 4.79 Å². The van der Waals surface area contributed by atoms with Crippen LogP contribution in [0.1, 0.15) is 36.0 Å². The summed E-state index contributed by atoms with van der Waals surface area (Å²) in [5, 5.41) is 1.07. The molecule has 4 nitrogen and oxygen atoms in total. The molecule has 2 fully saturated rings. The lowest BCUT2D eigenvalue weighted by atomic mass is 10.0. The molecule has 0 aliphatic carbocycles. The zero-order chi connectivity index (χ0) is 16.0. The third-order valence-corrected chi connectivity index (χ3v) is 5.71. The first-order chi connectivity index (χ1) is 11.2. The summed E-state index contributed by atoms with van der Waals surface area (Å²) in [4.78, 5) is 17.8. The van der Waals surface area contributed by atoms with E-state index in [-0.39, 0.29) is 5.91 Å². The number of hydrogen-bond donors (Lipinski definition) is 0. The number of carbonyl (C=O) groups is 1. The average Bonchev–Trinajstić information content (AvgIpc) is 3.26. The van der Waals surface area contributed by atoms with Crippen LogP contribution < -0.4 is 0 Å². The molecular formula is C19H25N3O. The predicted octanol–water partition coefficient (Wildman–Crippen LogP) is 2.88. The lowest BCUT2D eigenvalue weighted by Crippen LogP contribution is -2.47. The van der Waals surface area contributed by atoms with Crippen molar-refractivity contribution in [2.75, 3.05) is 20.1 Å². The number of likely N-dealkylation sites (tertiary alicyclic amines) is 2. The molecule has 2 atom stereocenters. The van der Waals surface area contributed by atoms with Gasteiger partial charge in [-0.05, 0) is 45.3 Å². The molecule has 0 saturated carbocycles. The largest absolute Gasteiger partial charge is 0.350 e. The van der Waals surface area contributed by atoms with Crippen molar-refractivity contribution in [3.05, 3.63) is 36.0 Å². The number of benzene rings is 1. The Balaban J connectivity index is 1.67. The first-order valence-corrected chi connectivity index (χ1v) is 8.72. The Morgan fingerprint density at radius 1 is 1.04 bits per heavy atom. The normalized spacial score (nSPS) is 25.6. The molecule has 3 heterocycles. The summed E-state index contributed by atoms with van der Waals surface area (Å²) in [5.74, 6) is 0.213. The number of aryl methyl sites for hydroxylation is 1. The molecule has 1 amide bonds. The van der Waals surface area contributed by atoms with Crippen LogP contribution in [0.25, 0.3) is 10.9 Å². The molecule has 2 aliphatic rings. The number of para-hydroxylation sites is 1. The van der Waals surface area contributed by atoms with Crippen LogP contribution in [-0.2, 0) is 7.05 Å². The van der Waals surface area contributed by atoms with Crippen molar-refractivity contribution in [1.82, 2.24) is 14.4 Å². The van der Waals surface area contributed by atoms with Gasteiger partial charge in [-0.2, -0.15) is 0 Å². The summed E-state index contributed by atoms with van der Waals surface area (Å²) in [5.41, 5.74) is 1.99. The van der Waals surface area contributed by atoms with Gasteiger partial charge in [-0.25, -0.2) is 0 Å². The minimum Gasteiger partial charge on any atom is -0.350 e. The minimum atomic E-state index is 0.213. The zero-order valence-electron chi connectivity index (χ0n) is 14.0. The topological polar surface area (TPSA) is 28.5 Å². The van der Waals surface area contributed by atoms with Crippen molar-refractivity contribution in [3.63, 3.8) is 0 Å². The number of hydrogen-bond acceptors (Lipinski definition) is 2. The number of amides is 1. The molecule has 1 aromatic carbocycles. The number of carbonyl (C=O) groups excluding carboxylic acids is 1. The smallest absolute Gasteiger partial charge is 0.256 e. The molecule has 0 N–H and O–H groups in total. The van der Waals surface area contributed by atoms with Gasteiger partial charge in [0, 0.05) is 42.8 Å². The fraction of sp³-hybridized carbons (Fsp3) is 0.526. The highest BCUT2D eigenvalue weighted by molar-refractivity contribution is 6.07. The molecular weight excluding hydrogens is 286 g/mol. The Morgan fingerprint density at radius 3 is 2.57 bits per heavy atom. The van der Waals surface area contributed by atoms with Crippen LogP contribution in [-0.4, -0.2) is 52.5 Å². The van der Waals surface area contributed by atoms with Crippen molar-refractivity contribution in [2.24, 2.45) is 7.05 Å². The van der Waals surface area contributed by atoms with E-state index in [9.17, 15) is 4.79 Å². The Bertz CT molecular complexity index is 735. The molecule has 0 unspecified atom stereocenters. The first-order valence-electron chi connectivity index (χ1n) is 8.72. The summed E-state index contributed by atoms with van der Waals surface area (Å²) < 4.78 is 2.06. The van der Waals surface area contributed by atoms with E-state index in [1.54, 1.807) is 0 Å². The van der Waals surface area contributed by atoms with Crippen LogP contribution in [0.15, 0.2) is 30.5 Å². The fourth-order valence-electron chi connectivity index (χ4n) is 4.53. The van der Waals surface area contributed by atoms with Crippen molar-refractivity contribution in [2.45, 2.75) is 37.8 Å². The third-order valence-electron chi connectivity index (χ3n) is 5.71. The quantitative estimate of drug-likeness (QED) is 0.853. The Kier molecular flexibility index (Phi) is 3.64. The van der Waals surface area contributed by atoms with Gasteiger partial charge in [0.2, 0.25) is 0 Å². The van der Waals surface area contributed by atoms with Gasteiger partial charge in [0.05, 0.1) is 5.56 Å². The Hall–Kier alpha value is -1.81. The minimum absolute atomic E-state index is 0.213. The second-order valence-corrected chi connectivity index (χ2v) is 7.07. The standard InChI is InChI=1S/C19H25N3O/c1-20-11-5-9-17(20)18-10-6-12-22(18)19(23)15-13-21(2)16-8-4-3-7-14(15)16/h3-4,7-8,13,17-18H,5-6,9-12H2,1-2H3/t17-,18+/m1/s1. The second-order valence-electron chi connectivity index (χ2n) is 7.07. The molecule has 2 saturated heterocycles. The SMILES string of the molecule is CN1CCC[C@@H]1[C@@H]1CCCN1C(=O)c1cn(C)c2ccccc12. The van der Waals surface area contributed by atoms with Crippen LogP contribution in [0.2, 0.25) is 0 Å². The Morgan fingerprint density at radius 2 is 1.78 bits per heavy atom. The van der Waals surface area contributed by atoms with Gasteiger partial charge in [-0.3, -0.25) is 4.79 Å². The summed E-state index contributed by atoms with van der Waals surface area (Å²) in [6.07, 6.45) is 6.76. The number of nitrogens with zero attached hydrogens (tertiary/aromatic N) is 3. The molecule has 2 aliphatic heterocycles. The first kappa shape index (κ1) is 14.8. The molecule has 4 heteroatoms. The highest BCUT2D eigenvalue weighted by Crippen LogP contribution is 2.31. The van der Waals surface area contributed by atoms with Gasteiger partial charge < -0.3 is 14.4 Å². The van der Waals surface area contributed by atoms with Crippen LogP contribution in [0, 0.1) is 0 Å². The van der Waals surface area contributed by atoms with Gasteiger partial charge in [0.15, 0.2) is 0 Å².